The molecule has 1 saturated heterocycles. The Labute approximate surface area is 239 Å². The van der Waals surface area contributed by atoms with Crippen LogP contribution in [-0.4, -0.2) is 72.0 Å². The largest absolute Gasteiger partial charge is 0.480 e. The summed E-state index contributed by atoms with van der Waals surface area (Å²) in [5.41, 5.74) is 4.60. The van der Waals surface area contributed by atoms with E-state index in [1.807, 2.05) is 66.7 Å². The van der Waals surface area contributed by atoms with E-state index < -0.39 is 36.4 Å². The van der Waals surface area contributed by atoms with Gasteiger partial charge in [-0.1, -0.05) is 78.9 Å². The van der Waals surface area contributed by atoms with Gasteiger partial charge in [0.2, 0.25) is 5.91 Å². The van der Waals surface area contributed by atoms with Gasteiger partial charge in [-0.3, -0.25) is 4.79 Å². The van der Waals surface area contributed by atoms with Gasteiger partial charge in [-0.05, 0) is 41.7 Å². The van der Waals surface area contributed by atoms with E-state index in [0.29, 0.717) is 0 Å². The zero-order valence-corrected chi connectivity index (χ0v) is 23.1. The molecule has 2 aliphatic rings. The van der Waals surface area contributed by atoms with Crippen molar-refractivity contribution in [2.45, 2.75) is 44.1 Å². The van der Waals surface area contributed by atoms with E-state index in [-0.39, 0.29) is 38.1 Å². The van der Waals surface area contributed by atoms with E-state index in [2.05, 4.69) is 17.4 Å². The number of alkyl carbamates (subject to hydrolysis) is 1. The lowest BCUT2D eigenvalue weighted by molar-refractivity contribution is -0.176. The first-order chi connectivity index (χ1) is 19.7. The summed E-state index contributed by atoms with van der Waals surface area (Å²) in [5.74, 6) is -1.54. The molecule has 1 aliphatic carbocycles. The summed E-state index contributed by atoms with van der Waals surface area (Å²) in [5, 5.41) is 11.7. The Morgan fingerprint density at radius 2 is 1.54 bits per heavy atom. The Hall–Kier alpha value is -4.21. The number of nitrogens with one attached hydrogen (secondary N) is 1. The maximum atomic E-state index is 13.5. The summed E-state index contributed by atoms with van der Waals surface area (Å²) in [4.78, 5) is 39.1. The number of rotatable bonds is 11. The maximum Gasteiger partial charge on any atom is 0.407 e. The summed E-state index contributed by atoms with van der Waals surface area (Å²) in [6.07, 6.45) is -1.39. The number of carbonyl (C=O) groups excluding carboxylic acids is 2. The molecule has 1 heterocycles. The number of amides is 2. The monoisotopic (exact) mass is 558 g/mol. The second kappa shape index (κ2) is 12.1. The lowest BCUT2D eigenvalue weighted by Crippen LogP contribution is -2.67. The molecule has 41 heavy (non-hydrogen) atoms. The SMILES string of the molecule is CC(OCc1ccccc1)C(NC(=O)OCC1c2ccccc2-c2ccccc21)C(=O)N1CC(C)(OCC(=O)O)C1. The number of benzene rings is 3. The predicted octanol–water partition coefficient (Wildman–Crippen LogP) is 4.20. The summed E-state index contributed by atoms with van der Waals surface area (Å²) < 4.78 is 17.2. The summed E-state index contributed by atoms with van der Waals surface area (Å²) in [6, 6.07) is 24.7. The normalized spacial score (nSPS) is 16.6. The molecule has 1 aliphatic heterocycles. The van der Waals surface area contributed by atoms with E-state index >= 15 is 0 Å². The number of carboxylic acids is 1. The van der Waals surface area contributed by atoms with Crippen LogP contribution in [0, 0.1) is 0 Å². The number of aliphatic carboxylic acids is 1. The quantitative estimate of drug-likeness (QED) is 0.363. The average molecular weight is 559 g/mol. The minimum Gasteiger partial charge on any atom is -0.480 e. The Bertz CT molecular complexity index is 1360. The van der Waals surface area contributed by atoms with Crippen LogP contribution in [0.4, 0.5) is 4.79 Å². The van der Waals surface area contributed by atoms with Gasteiger partial charge in [-0.25, -0.2) is 9.59 Å². The Morgan fingerprint density at radius 3 is 2.15 bits per heavy atom. The van der Waals surface area contributed by atoms with Gasteiger partial charge in [0.15, 0.2) is 0 Å². The molecular weight excluding hydrogens is 524 g/mol. The van der Waals surface area contributed by atoms with Gasteiger partial charge < -0.3 is 29.5 Å². The molecule has 0 saturated carbocycles. The summed E-state index contributed by atoms with van der Waals surface area (Å²) in [7, 11) is 0. The number of ether oxygens (including phenoxy) is 3. The molecule has 9 nitrogen and oxygen atoms in total. The number of carboxylic acid groups (broad SMARTS) is 1. The Kier molecular flexibility index (Phi) is 8.37. The molecule has 3 aromatic rings. The van der Waals surface area contributed by atoms with Gasteiger partial charge in [0.25, 0.3) is 0 Å². The molecule has 0 spiro atoms. The van der Waals surface area contributed by atoms with E-state index in [9.17, 15) is 14.4 Å². The molecule has 2 amide bonds. The highest BCUT2D eigenvalue weighted by Gasteiger charge is 2.46. The first-order valence-corrected chi connectivity index (χ1v) is 13.7. The van der Waals surface area contributed by atoms with E-state index in [1.54, 1.807) is 13.8 Å². The molecule has 0 bridgehead atoms. The molecule has 3 aromatic carbocycles. The lowest BCUT2D eigenvalue weighted by atomic mass is 9.94. The highest BCUT2D eigenvalue weighted by Crippen LogP contribution is 2.44. The van der Waals surface area contributed by atoms with Crippen molar-refractivity contribution < 1.29 is 33.7 Å². The van der Waals surface area contributed by atoms with E-state index in [0.717, 1.165) is 27.8 Å². The number of hydrogen-bond donors (Lipinski definition) is 2. The van der Waals surface area contributed by atoms with Crippen molar-refractivity contribution in [3.63, 3.8) is 0 Å². The third kappa shape index (κ3) is 6.42. The van der Waals surface area contributed by atoms with Crippen molar-refractivity contribution in [3.05, 3.63) is 95.6 Å². The van der Waals surface area contributed by atoms with Crippen LogP contribution in [0.25, 0.3) is 11.1 Å². The number of likely N-dealkylation sites (tertiary alicyclic amines) is 1. The van der Waals surface area contributed by atoms with Gasteiger partial charge in [-0.15, -0.1) is 0 Å². The van der Waals surface area contributed by atoms with Crippen molar-refractivity contribution >= 4 is 18.0 Å². The highest BCUT2D eigenvalue weighted by molar-refractivity contribution is 5.87. The predicted molar refractivity (Wildman–Crippen MR) is 151 cm³/mol. The molecule has 5 rings (SSSR count). The molecule has 1 fully saturated rings. The van der Waals surface area contributed by atoms with E-state index in [1.165, 1.54) is 4.90 Å². The second-order valence-corrected chi connectivity index (χ2v) is 10.8. The fourth-order valence-electron chi connectivity index (χ4n) is 5.49. The van der Waals surface area contributed by atoms with Gasteiger partial charge in [0.05, 0.1) is 25.8 Å². The van der Waals surface area contributed by atoms with Crippen LogP contribution in [-0.2, 0) is 30.4 Å². The van der Waals surface area contributed by atoms with Gasteiger partial charge >= 0.3 is 12.1 Å². The van der Waals surface area contributed by atoms with Crippen LogP contribution in [0.1, 0.15) is 36.5 Å². The van der Waals surface area contributed by atoms with Crippen molar-refractivity contribution in [2.24, 2.45) is 0 Å². The zero-order chi connectivity index (χ0) is 29.0. The van der Waals surface area contributed by atoms with E-state index in [4.69, 9.17) is 19.3 Å². The van der Waals surface area contributed by atoms with Crippen LogP contribution in [0.5, 0.6) is 0 Å². The van der Waals surface area contributed by atoms with Crippen LogP contribution in [0.2, 0.25) is 0 Å². The molecule has 0 radical (unpaired) electrons. The van der Waals surface area contributed by atoms with Crippen LogP contribution in [0.3, 0.4) is 0 Å². The summed E-state index contributed by atoms with van der Waals surface area (Å²) >= 11 is 0. The number of carbonyl (C=O) groups is 3. The Morgan fingerprint density at radius 1 is 0.951 bits per heavy atom. The number of fused-ring (bicyclic) bond motifs is 3. The average Bonchev–Trinajstić information content (AvgIpc) is 3.29. The zero-order valence-electron chi connectivity index (χ0n) is 23.1. The van der Waals surface area contributed by atoms with Crippen molar-refractivity contribution in [1.29, 1.82) is 0 Å². The number of nitrogens with zero attached hydrogens (tertiary/aromatic N) is 1. The molecule has 2 atom stereocenters. The van der Waals surface area contributed by atoms with Crippen LogP contribution >= 0.6 is 0 Å². The number of hydrogen-bond acceptors (Lipinski definition) is 6. The molecular formula is C32H34N2O7. The molecule has 214 valence electrons. The van der Waals surface area contributed by atoms with Crippen molar-refractivity contribution in [1.82, 2.24) is 10.2 Å². The van der Waals surface area contributed by atoms with Crippen molar-refractivity contribution in [3.8, 4) is 11.1 Å². The lowest BCUT2D eigenvalue weighted by Gasteiger charge is -2.48. The fraction of sp³-hybridized carbons (Fsp3) is 0.344. The first-order valence-electron chi connectivity index (χ1n) is 13.7. The standard InChI is InChI=1S/C32H34N2O7/c1-21(39-16-22-10-4-3-5-11-22)29(30(37)34-19-32(2,20-34)41-18-28(35)36)33-31(38)40-17-27-25-14-8-6-12-23(25)24-13-7-9-15-26(24)27/h3-15,21,27,29H,16-20H2,1-2H3,(H,33,38)(H,35,36). The minimum absolute atomic E-state index is 0.114. The fourth-order valence-corrected chi connectivity index (χ4v) is 5.49. The topological polar surface area (TPSA) is 114 Å². The Balaban J connectivity index is 1.25. The van der Waals surface area contributed by atoms with Gasteiger partial charge in [0.1, 0.15) is 24.9 Å². The highest BCUT2D eigenvalue weighted by atomic mass is 16.6. The van der Waals surface area contributed by atoms with Gasteiger partial charge in [0, 0.05) is 5.92 Å². The third-order valence-electron chi connectivity index (χ3n) is 7.61. The maximum absolute atomic E-state index is 13.5. The molecule has 0 aromatic heterocycles. The van der Waals surface area contributed by atoms with Crippen LogP contribution < -0.4 is 5.32 Å². The second-order valence-electron chi connectivity index (χ2n) is 10.8. The minimum atomic E-state index is -1.08. The molecule has 2 N–H and O–H groups in total. The van der Waals surface area contributed by atoms with Crippen molar-refractivity contribution in [2.75, 3.05) is 26.3 Å². The molecule has 9 heteroatoms. The molecule has 2 unspecified atom stereocenters. The van der Waals surface area contributed by atoms with Crippen LogP contribution in [0.15, 0.2) is 78.9 Å². The smallest absolute Gasteiger partial charge is 0.407 e. The third-order valence-corrected chi connectivity index (χ3v) is 7.61. The van der Waals surface area contributed by atoms with Gasteiger partial charge in [-0.2, -0.15) is 0 Å². The summed E-state index contributed by atoms with van der Waals surface area (Å²) in [6.45, 7) is 3.82. The first kappa shape index (κ1) is 28.3.